The molecule has 1 rings (SSSR count). The Morgan fingerprint density at radius 2 is 2.14 bits per heavy atom. The van der Waals surface area contributed by atoms with Gasteiger partial charge in [0.2, 0.25) is 0 Å². The van der Waals surface area contributed by atoms with E-state index in [0.29, 0.717) is 36.4 Å². The van der Waals surface area contributed by atoms with Crippen LogP contribution in [0.2, 0.25) is 0 Å². The number of hydrogen-bond donors (Lipinski definition) is 2. The van der Waals surface area contributed by atoms with Gasteiger partial charge in [0.15, 0.2) is 0 Å². The molecule has 0 fully saturated rings. The van der Waals surface area contributed by atoms with Gasteiger partial charge in [-0.1, -0.05) is 12.7 Å². The summed E-state index contributed by atoms with van der Waals surface area (Å²) < 4.78 is 10.6. The first-order valence-corrected chi connectivity index (χ1v) is 7.00. The van der Waals surface area contributed by atoms with Gasteiger partial charge in [0.1, 0.15) is 18.1 Å². The van der Waals surface area contributed by atoms with Crippen LogP contribution in [0.15, 0.2) is 30.9 Å². The van der Waals surface area contributed by atoms with E-state index in [0.717, 1.165) is 0 Å². The van der Waals surface area contributed by atoms with E-state index >= 15 is 0 Å². The zero-order chi connectivity index (χ0) is 16.4. The van der Waals surface area contributed by atoms with Gasteiger partial charge >= 0.3 is 5.97 Å². The minimum absolute atomic E-state index is 0.103. The maximum absolute atomic E-state index is 12.2. The van der Waals surface area contributed by atoms with E-state index in [1.807, 2.05) is 0 Å². The van der Waals surface area contributed by atoms with Crippen molar-refractivity contribution < 1.29 is 24.2 Å². The molecule has 0 atom stereocenters. The molecule has 0 aliphatic heterocycles. The van der Waals surface area contributed by atoms with Crippen LogP contribution in [0.4, 0.5) is 0 Å². The zero-order valence-electron chi connectivity index (χ0n) is 12.6. The largest absolute Gasteiger partial charge is 0.497 e. The van der Waals surface area contributed by atoms with E-state index < -0.39 is 5.97 Å². The van der Waals surface area contributed by atoms with Gasteiger partial charge in [0.05, 0.1) is 12.7 Å². The number of carboxylic acids is 1. The first-order chi connectivity index (χ1) is 10.6. The van der Waals surface area contributed by atoms with Crippen LogP contribution in [0.5, 0.6) is 11.5 Å². The molecule has 6 nitrogen and oxygen atoms in total. The van der Waals surface area contributed by atoms with Gasteiger partial charge in [-0.05, 0) is 25.0 Å². The van der Waals surface area contributed by atoms with Crippen LogP contribution in [0.25, 0.3) is 0 Å². The molecule has 0 spiro atoms. The number of carboxylic acid groups (broad SMARTS) is 1. The monoisotopic (exact) mass is 307 g/mol. The van der Waals surface area contributed by atoms with Gasteiger partial charge in [0, 0.05) is 19.0 Å². The third-order valence-electron chi connectivity index (χ3n) is 2.89. The highest BCUT2D eigenvalue weighted by atomic mass is 16.5. The molecule has 0 saturated heterocycles. The lowest BCUT2D eigenvalue weighted by Gasteiger charge is -2.12. The van der Waals surface area contributed by atoms with Crippen molar-refractivity contribution >= 4 is 11.9 Å². The molecule has 0 radical (unpaired) electrons. The average Bonchev–Trinajstić information content (AvgIpc) is 2.51. The van der Waals surface area contributed by atoms with Crippen LogP contribution in [0.1, 0.15) is 29.6 Å². The summed E-state index contributed by atoms with van der Waals surface area (Å²) in [6.07, 6.45) is 2.83. The Labute approximate surface area is 129 Å². The van der Waals surface area contributed by atoms with Gasteiger partial charge in [0.25, 0.3) is 5.91 Å². The normalized spacial score (nSPS) is 9.86. The van der Waals surface area contributed by atoms with Gasteiger partial charge in [-0.15, -0.1) is 0 Å². The van der Waals surface area contributed by atoms with Crippen molar-refractivity contribution in [1.82, 2.24) is 5.32 Å². The number of methoxy groups -OCH3 is 1. The molecule has 0 saturated carbocycles. The van der Waals surface area contributed by atoms with Gasteiger partial charge in [-0.3, -0.25) is 9.59 Å². The average molecular weight is 307 g/mol. The zero-order valence-corrected chi connectivity index (χ0v) is 12.6. The molecule has 1 aromatic carbocycles. The molecule has 1 aromatic rings. The molecule has 0 aliphatic carbocycles. The van der Waals surface area contributed by atoms with Crippen molar-refractivity contribution in [1.29, 1.82) is 0 Å². The number of unbranched alkanes of at least 4 members (excludes halogenated alkanes) is 1. The second-order valence-corrected chi connectivity index (χ2v) is 4.57. The number of hydrogen-bond acceptors (Lipinski definition) is 4. The molecule has 0 unspecified atom stereocenters. The second kappa shape index (κ2) is 9.44. The van der Waals surface area contributed by atoms with Crippen molar-refractivity contribution in [2.75, 3.05) is 20.3 Å². The molecule has 0 aromatic heterocycles. The number of amides is 1. The summed E-state index contributed by atoms with van der Waals surface area (Å²) in [6, 6.07) is 4.95. The first-order valence-electron chi connectivity index (χ1n) is 7.00. The van der Waals surface area contributed by atoms with E-state index in [-0.39, 0.29) is 18.9 Å². The maximum atomic E-state index is 12.2. The number of carbonyl (C=O) groups excluding carboxylic acids is 1. The summed E-state index contributed by atoms with van der Waals surface area (Å²) in [5, 5.41) is 11.3. The minimum atomic E-state index is -0.832. The lowest BCUT2D eigenvalue weighted by molar-refractivity contribution is -0.137. The quantitative estimate of drug-likeness (QED) is 0.511. The molecule has 0 heterocycles. The Kier molecular flexibility index (Phi) is 7.53. The van der Waals surface area contributed by atoms with Gasteiger partial charge < -0.3 is 19.9 Å². The number of carbonyl (C=O) groups is 2. The standard InChI is InChI=1S/C16H21NO5/c1-3-10-22-14-11-12(21-2)7-8-13(14)16(20)17-9-5-4-6-15(18)19/h3,7-8,11H,1,4-6,9-10H2,2H3,(H,17,20)(H,18,19). The Morgan fingerprint density at radius 3 is 2.77 bits per heavy atom. The fraction of sp³-hybridized carbons (Fsp3) is 0.375. The Balaban J connectivity index is 2.62. The number of ether oxygens (including phenoxy) is 2. The van der Waals surface area contributed by atoms with E-state index in [9.17, 15) is 9.59 Å². The lowest BCUT2D eigenvalue weighted by atomic mass is 10.1. The van der Waals surface area contributed by atoms with Crippen molar-refractivity contribution in [2.45, 2.75) is 19.3 Å². The first kappa shape index (κ1) is 17.6. The Bertz CT molecular complexity index is 527. The van der Waals surface area contributed by atoms with E-state index in [1.54, 1.807) is 24.3 Å². The van der Waals surface area contributed by atoms with Crippen molar-refractivity contribution in [3.8, 4) is 11.5 Å². The van der Waals surface area contributed by atoms with Crippen molar-refractivity contribution in [3.05, 3.63) is 36.4 Å². The Hall–Kier alpha value is -2.50. The Morgan fingerprint density at radius 1 is 1.36 bits per heavy atom. The third-order valence-corrected chi connectivity index (χ3v) is 2.89. The van der Waals surface area contributed by atoms with E-state index in [4.69, 9.17) is 14.6 Å². The molecule has 0 bridgehead atoms. The predicted molar refractivity (Wildman–Crippen MR) is 82.5 cm³/mol. The number of aliphatic carboxylic acids is 1. The molecule has 6 heteroatoms. The molecular formula is C16H21NO5. The topological polar surface area (TPSA) is 84.9 Å². The lowest BCUT2D eigenvalue weighted by Crippen LogP contribution is -2.25. The highest BCUT2D eigenvalue weighted by Crippen LogP contribution is 2.25. The second-order valence-electron chi connectivity index (χ2n) is 4.57. The molecule has 1 amide bonds. The molecule has 120 valence electrons. The van der Waals surface area contributed by atoms with Crippen LogP contribution in [-0.4, -0.2) is 37.2 Å². The molecule has 22 heavy (non-hydrogen) atoms. The summed E-state index contributed by atoms with van der Waals surface area (Å²) in [5.74, 6) is -0.0852. The number of rotatable bonds is 10. The summed E-state index contributed by atoms with van der Waals surface area (Å²) in [6.45, 7) is 4.27. The smallest absolute Gasteiger partial charge is 0.303 e. The van der Waals surface area contributed by atoms with Crippen molar-refractivity contribution in [2.24, 2.45) is 0 Å². The fourth-order valence-electron chi connectivity index (χ4n) is 1.78. The van der Waals surface area contributed by atoms with Crippen LogP contribution in [0.3, 0.4) is 0 Å². The molecule has 2 N–H and O–H groups in total. The summed E-state index contributed by atoms with van der Waals surface area (Å²) in [7, 11) is 1.54. The van der Waals surface area contributed by atoms with E-state index in [1.165, 1.54) is 7.11 Å². The molecular weight excluding hydrogens is 286 g/mol. The summed E-state index contributed by atoms with van der Waals surface area (Å²) in [4.78, 5) is 22.6. The predicted octanol–water partition coefficient (Wildman–Crippen LogP) is 2.24. The summed E-state index contributed by atoms with van der Waals surface area (Å²) >= 11 is 0. The highest BCUT2D eigenvalue weighted by molar-refractivity contribution is 5.97. The molecule has 0 aliphatic rings. The van der Waals surface area contributed by atoms with Crippen LogP contribution in [-0.2, 0) is 4.79 Å². The third kappa shape index (κ3) is 5.87. The number of benzene rings is 1. The SMILES string of the molecule is C=CCOc1cc(OC)ccc1C(=O)NCCCCC(=O)O. The summed E-state index contributed by atoms with van der Waals surface area (Å²) in [5.41, 5.74) is 0.404. The highest BCUT2D eigenvalue weighted by Gasteiger charge is 2.13. The van der Waals surface area contributed by atoms with Crippen LogP contribution in [0, 0.1) is 0 Å². The fourth-order valence-corrected chi connectivity index (χ4v) is 1.78. The van der Waals surface area contributed by atoms with Gasteiger partial charge in [-0.25, -0.2) is 0 Å². The maximum Gasteiger partial charge on any atom is 0.303 e. The van der Waals surface area contributed by atoms with Crippen LogP contribution >= 0.6 is 0 Å². The van der Waals surface area contributed by atoms with Gasteiger partial charge in [-0.2, -0.15) is 0 Å². The van der Waals surface area contributed by atoms with Crippen molar-refractivity contribution in [3.63, 3.8) is 0 Å². The van der Waals surface area contributed by atoms with E-state index in [2.05, 4.69) is 11.9 Å². The minimum Gasteiger partial charge on any atom is -0.497 e. The number of nitrogens with one attached hydrogen (secondary N) is 1. The van der Waals surface area contributed by atoms with Crippen LogP contribution < -0.4 is 14.8 Å².